The van der Waals surface area contributed by atoms with Crippen molar-refractivity contribution in [2.45, 2.75) is 31.5 Å². The second kappa shape index (κ2) is 5.87. The zero-order valence-electron chi connectivity index (χ0n) is 14.3. The molecule has 0 spiro atoms. The molecule has 1 aliphatic heterocycles. The Morgan fingerprint density at radius 1 is 1.04 bits per heavy atom. The van der Waals surface area contributed by atoms with Gasteiger partial charge in [-0.15, -0.1) is 5.06 Å². The Kier molecular flexibility index (Phi) is 3.51. The molecule has 3 heteroatoms. The number of fused-ring (bicyclic) bond motifs is 3. The van der Waals surface area contributed by atoms with Crippen molar-refractivity contribution in [3.05, 3.63) is 77.4 Å². The van der Waals surface area contributed by atoms with Gasteiger partial charge in [0.15, 0.2) is 6.23 Å². The van der Waals surface area contributed by atoms with Crippen molar-refractivity contribution in [1.29, 1.82) is 0 Å². The molecule has 1 fully saturated rings. The van der Waals surface area contributed by atoms with E-state index in [9.17, 15) is 0 Å². The average molecular weight is 331 g/mol. The van der Waals surface area contributed by atoms with Crippen molar-refractivity contribution in [2.75, 3.05) is 7.11 Å². The van der Waals surface area contributed by atoms with Gasteiger partial charge in [-0.05, 0) is 53.3 Å². The van der Waals surface area contributed by atoms with Crippen LogP contribution < -0.4 is 4.74 Å². The molecule has 0 radical (unpaired) electrons. The highest BCUT2D eigenvalue weighted by Crippen LogP contribution is 2.50. The van der Waals surface area contributed by atoms with Crippen LogP contribution >= 0.6 is 0 Å². The lowest BCUT2D eigenvalue weighted by Crippen LogP contribution is -2.17. The fourth-order valence-corrected chi connectivity index (χ4v) is 4.16. The first kappa shape index (κ1) is 14.9. The van der Waals surface area contributed by atoms with E-state index in [-0.39, 0.29) is 6.23 Å². The van der Waals surface area contributed by atoms with E-state index in [2.05, 4.69) is 53.6 Å². The first-order valence-electron chi connectivity index (χ1n) is 8.95. The summed E-state index contributed by atoms with van der Waals surface area (Å²) in [6.45, 7) is 0. The predicted molar refractivity (Wildman–Crippen MR) is 98.3 cm³/mol. The molecule has 5 rings (SSSR count). The van der Waals surface area contributed by atoms with Crippen LogP contribution in [-0.4, -0.2) is 12.2 Å². The van der Waals surface area contributed by atoms with Crippen LogP contribution in [-0.2, 0) is 11.3 Å². The van der Waals surface area contributed by atoms with Crippen LogP contribution in [0.1, 0.15) is 41.8 Å². The molecule has 0 amide bonds. The van der Waals surface area contributed by atoms with Crippen LogP contribution in [0, 0.1) is 0 Å². The van der Waals surface area contributed by atoms with Crippen molar-refractivity contribution in [2.24, 2.45) is 0 Å². The summed E-state index contributed by atoms with van der Waals surface area (Å²) < 4.78 is 5.35. The third-order valence-electron chi connectivity index (χ3n) is 5.41. The van der Waals surface area contributed by atoms with E-state index >= 15 is 0 Å². The van der Waals surface area contributed by atoms with E-state index in [0.717, 1.165) is 24.2 Å². The maximum Gasteiger partial charge on any atom is 0.180 e. The fourth-order valence-electron chi connectivity index (χ4n) is 4.16. The number of methoxy groups -OCH3 is 1. The van der Waals surface area contributed by atoms with Crippen LogP contribution in [0.2, 0.25) is 0 Å². The largest absolute Gasteiger partial charge is 0.497 e. The summed E-state index contributed by atoms with van der Waals surface area (Å²) in [6, 6.07) is 21.7. The minimum atomic E-state index is 0.0324. The van der Waals surface area contributed by atoms with E-state index in [1.54, 1.807) is 7.11 Å². The molecule has 126 valence electrons. The summed E-state index contributed by atoms with van der Waals surface area (Å²) >= 11 is 0. The number of rotatable bonds is 3. The van der Waals surface area contributed by atoms with Gasteiger partial charge in [0, 0.05) is 5.56 Å². The molecule has 2 aliphatic rings. The zero-order chi connectivity index (χ0) is 16.8. The molecule has 1 saturated heterocycles. The van der Waals surface area contributed by atoms with E-state index in [1.165, 1.54) is 28.3 Å². The van der Waals surface area contributed by atoms with Gasteiger partial charge < -0.3 is 4.74 Å². The summed E-state index contributed by atoms with van der Waals surface area (Å²) in [7, 11) is 1.70. The van der Waals surface area contributed by atoms with Gasteiger partial charge in [-0.3, -0.25) is 4.84 Å². The highest BCUT2D eigenvalue weighted by molar-refractivity contribution is 5.87. The van der Waals surface area contributed by atoms with Crippen molar-refractivity contribution in [1.82, 2.24) is 5.06 Å². The van der Waals surface area contributed by atoms with E-state index in [0.29, 0.717) is 6.04 Å². The van der Waals surface area contributed by atoms with Crippen LogP contribution in [0.4, 0.5) is 0 Å². The van der Waals surface area contributed by atoms with Gasteiger partial charge in [-0.1, -0.05) is 48.5 Å². The molecule has 1 aliphatic carbocycles. The summed E-state index contributed by atoms with van der Waals surface area (Å²) in [5.41, 5.74) is 4.08. The maximum absolute atomic E-state index is 6.03. The van der Waals surface area contributed by atoms with Crippen LogP contribution in [0.15, 0.2) is 60.7 Å². The molecule has 3 unspecified atom stereocenters. The monoisotopic (exact) mass is 331 g/mol. The normalized spacial score (nSPS) is 24.8. The third kappa shape index (κ3) is 2.51. The Morgan fingerprint density at radius 3 is 2.88 bits per heavy atom. The van der Waals surface area contributed by atoms with Crippen LogP contribution in [0.25, 0.3) is 10.8 Å². The van der Waals surface area contributed by atoms with E-state index in [1.807, 2.05) is 12.1 Å². The number of nitrogens with zero attached hydrogens (tertiary/aromatic N) is 1. The Hall–Kier alpha value is -2.36. The molecular weight excluding hydrogens is 310 g/mol. The first-order valence-corrected chi connectivity index (χ1v) is 8.95. The SMILES string of the molecule is COc1cccc(C2ON2C2CCCc3ccc4ccccc4c32)c1. The maximum atomic E-state index is 6.03. The number of ether oxygens (including phenoxy) is 1. The molecule has 0 aromatic heterocycles. The molecule has 25 heavy (non-hydrogen) atoms. The quantitative estimate of drug-likeness (QED) is 0.619. The number of benzene rings is 3. The van der Waals surface area contributed by atoms with Crippen molar-refractivity contribution < 1.29 is 9.57 Å². The third-order valence-corrected chi connectivity index (χ3v) is 5.41. The van der Waals surface area contributed by atoms with Gasteiger partial charge in [0.2, 0.25) is 0 Å². The first-order chi connectivity index (χ1) is 12.3. The Labute approximate surface area is 147 Å². The number of hydrogen-bond donors (Lipinski definition) is 0. The predicted octanol–water partition coefficient (Wildman–Crippen LogP) is 5.17. The van der Waals surface area contributed by atoms with E-state index in [4.69, 9.17) is 9.57 Å². The van der Waals surface area contributed by atoms with Crippen molar-refractivity contribution in [3.8, 4) is 5.75 Å². The van der Waals surface area contributed by atoms with Gasteiger partial charge in [-0.2, -0.15) is 0 Å². The summed E-state index contributed by atoms with van der Waals surface area (Å²) in [5, 5.41) is 4.84. The van der Waals surface area contributed by atoms with Gasteiger partial charge in [0.25, 0.3) is 0 Å². The molecule has 0 saturated carbocycles. The lowest BCUT2D eigenvalue weighted by molar-refractivity contribution is 0.135. The molecule has 1 heterocycles. The van der Waals surface area contributed by atoms with E-state index < -0.39 is 0 Å². The van der Waals surface area contributed by atoms with Crippen molar-refractivity contribution in [3.63, 3.8) is 0 Å². The Morgan fingerprint density at radius 2 is 1.96 bits per heavy atom. The summed E-state index contributed by atoms with van der Waals surface area (Å²) in [5.74, 6) is 0.877. The smallest absolute Gasteiger partial charge is 0.180 e. The second-order valence-electron chi connectivity index (χ2n) is 6.86. The minimum absolute atomic E-state index is 0.0324. The molecule has 3 aromatic carbocycles. The topological polar surface area (TPSA) is 24.8 Å². The average Bonchev–Trinajstić information content (AvgIpc) is 3.48. The standard InChI is InChI=1S/C22H21NO2/c1-24-18-9-4-8-17(14-18)22-23(25-22)20-11-5-7-16-13-12-15-6-2-3-10-19(15)21(16)20/h2-4,6,8-10,12-14,20,22H,5,7,11H2,1H3. The fraction of sp³-hybridized carbons (Fsp3) is 0.273. The highest BCUT2D eigenvalue weighted by Gasteiger charge is 2.45. The second-order valence-corrected chi connectivity index (χ2v) is 6.86. The molecule has 3 atom stereocenters. The van der Waals surface area contributed by atoms with Gasteiger partial charge in [-0.25, -0.2) is 0 Å². The molecular formula is C22H21NO2. The zero-order valence-corrected chi connectivity index (χ0v) is 14.3. The summed E-state index contributed by atoms with van der Waals surface area (Å²) in [6.07, 6.45) is 3.54. The van der Waals surface area contributed by atoms with Crippen LogP contribution in [0.5, 0.6) is 5.75 Å². The van der Waals surface area contributed by atoms with Crippen molar-refractivity contribution >= 4 is 10.8 Å². The lowest BCUT2D eigenvalue weighted by Gasteiger charge is -2.26. The molecule has 0 bridgehead atoms. The lowest BCUT2D eigenvalue weighted by atomic mass is 9.84. The Bertz CT molecular complexity index is 936. The van der Waals surface area contributed by atoms with Gasteiger partial charge >= 0.3 is 0 Å². The van der Waals surface area contributed by atoms with Crippen LogP contribution in [0.3, 0.4) is 0 Å². The molecule has 3 aromatic rings. The van der Waals surface area contributed by atoms with Gasteiger partial charge in [0.05, 0.1) is 13.2 Å². The number of hydroxylamine groups is 2. The van der Waals surface area contributed by atoms with Gasteiger partial charge in [0.1, 0.15) is 5.75 Å². The minimum Gasteiger partial charge on any atom is -0.497 e. The molecule has 0 N–H and O–H groups in total. The number of hydrogen-bond acceptors (Lipinski definition) is 3. The molecule has 3 nitrogen and oxygen atoms in total. The highest BCUT2D eigenvalue weighted by atomic mass is 16.8. The number of aryl methyl sites for hydroxylation is 1. The Balaban J connectivity index is 1.52. The summed E-state index contributed by atoms with van der Waals surface area (Å²) in [4.78, 5) is 6.03.